The van der Waals surface area contributed by atoms with E-state index in [9.17, 15) is 8.22 Å². The Morgan fingerprint density at radius 1 is 1.25 bits per heavy atom. The predicted octanol–water partition coefficient (Wildman–Crippen LogP) is 3.97. The summed E-state index contributed by atoms with van der Waals surface area (Å²) in [6.45, 7) is 3.80. The summed E-state index contributed by atoms with van der Waals surface area (Å²) < 4.78 is 27.0. The lowest BCUT2D eigenvalue weighted by Crippen LogP contribution is -2.29. The van der Waals surface area contributed by atoms with Crippen LogP contribution in [0.4, 0.5) is 8.22 Å². The second kappa shape index (κ2) is 3.86. The third-order valence-electron chi connectivity index (χ3n) is 2.63. The van der Waals surface area contributed by atoms with Gasteiger partial charge in [0.05, 0.1) is 0 Å². The smallest absolute Gasteiger partial charge is 0.270 e. The Balaban J connectivity index is 2.45. The summed E-state index contributed by atoms with van der Waals surface area (Å²) in [7, 11) is -3.83. The molecule has 0 amide bonds. The maximum absolute atomic E-state index is 13.5. The molecule has 1 aliphatic carbocycles. The van der Waals surface area contributed by atoms with Crippen molar-refractivity contribution in [2.45, 2.75) is 51.1 Å². The van der Waals surface area contributed by atoms with Crippen molar-refractivity contribution in [1.82, 2.24) is 0 Å². The molecule has 12 heavy (non-hydrogen) atoms. The summed E-state index contributed by atoms with van der Waals surface area (Å²) in [5.74, 6) is 0.173. The van der Waals surface area contributed by atoms with Crippen LogP contribution in [0.25, 0.3) is 0 Å². The van der Waals surface area contributed by atoms with Gasteiger partial charge in [0, 0.05) is 11.6 Å². The molecule has 0 aromatic rings. The van der Waals surface area contributed by atoms with E-state index in [2.05, 4.69) is 0 Å². The van der Waals surface area contributed by atoms with E-state index >= 15 is 0 Å². The Hall–Kier alpha value is 0.0769. The molecule has 0 N–H and O–H groups in total. The van der Waals surface area contributed by atoms with E-state index in [0.717, 1.165) is 25.7 Å². The number of halogens is 2. The van der Waals surface area contributed by atoms with Gasteiger partial charge in [-0.05, 0) is 18.8 Å². The van der Waals surface area contributed by atoms with E-state index in [4.69, 9.17) is 0 Å². The van der Waals surface area contributed by atoms with E-state index in [0.29, 0.717) is 0 Å². The average molecular weight is 192 g/mol. The SMILES string of the molecule is CC(C)C[Si](F)(F)C1CCCC1. The minimum Gasteiger partial charge on any atom is -0.270 e. The molecule has 0 heterocycles. The van der Waals surface area contributed by atoms with Gasteiger partial charge >= 0.3 is 8.74 Å². The zero-order valence-corrected chi connectivity index (χ0v) is 8.95. The first-order valence-corrected chi connectivity index (χ1v) is 6.94. The molecule has 0 nitrogen and oxygen atoms in total. The highest BCUT2D eigenvalue weighted by Crippen LogP contribution is 2.43. The van der Waals surface area contributed by atoms with Gasteiger partial charge in [0.15, 0.2) is 0 Å². The molecule has 0 radical (unpaired) electrons. The molecule has 1 fully saturated rings. The highest BCUT2D eigenvalue weighted by molar-refractivity contribution is 6.67. The number of rotatable bonds is 3. The van der Waals surface area contributed by atoms with E-state index in [1.807, 2.05) is 13.8 Å². The van der Waals surface area contributed by atoms with Crippen molar-refractivity contribution in [2.24, 2.45) is 5.92 Å². The Bertz CT molecular complexity index is 139. The van der Waals surface area contributed by atoms with Crippen molar-refractivity contribution in [3.63, 3.8) is 0 Å². The highest BCUT2D eigenvalue weighted by atomic mass is 28.4. The van der Waals surface area contributed by atoms with Crippen LogP contribution >= 0.6 is 0 Å². The highest BCUT2D eigenvalue weighted by Gasteiger charge is 2.45. The van der Waals surface area contributed by atoms with Crippen LogP contribution in [0.3, 0.4) is 0 Å². The molecule has 3 heteroatoms. The van der Waals surface area contributed by atoms with Gasteiger partial charge in [0.25, 0.3) is 0 Å². The summed E-state index contributed by atoms with van der Waals surface area (Å²) in [4.78, 5) is 0. The molecule has 1 rings (SSSR count). The zero-order chi connectivity index (χ0) is 9.19. The van der Waals surface area contributed by atoms with Crippen LogP contribution in [0.15, 0.2) is 0 Å². The fourth-order valence-electron chi connectivity index (χ4n) is 2.06. The monoisotopic (exact) mass is 192 g/mol. The molecule has 0 saturated heterocycles. The van der Waals surface area contributed by atoms with Crippen LogP contribution < -0.4 is 0 Å². The van der Waals surface area contributed by atoms with Gasteiger partial charge in [-0.25, -0.2) is 0 Å². The Morgan fingerprint density at radius 2 is 1.75 bits per heavy atom. The van der Waals surface area contributed by atoms with Crippen molar-refractivity contribution < 1.29 is 8.22 Å². The minimum absolute atomic E-state index is 0.173. The van der Waals surface area contributed by atoms with Crippen LogP contribution in [-0.2, 0) is 0 Å². The molecule has 0 aromatic carbocycles. The topological polar surface area (TPSA) is 0 Å². The minimum atomic E-state index is -3.83. The number of hydrogen-bond acceptors (Lipinski definition) is 0. The van der Waals surface area contributed by atoms with E-state index < -0.39 is 8.74 Å². The average Bonchev–Trinajstić information content (AvgIpc) is 2.32. The first-order valence-electron chi connectivity index (χ1n) is 4.90. The molecule has 0 bridgehead atoms. The van der Waals surface area contributed by atoms with Gasteiger partial charge in [-0.1, -0.05) is 26.7 Å². The van der Waals surface area contributed by atoms with Crippen molar-refractivity contribution >= 4 is 8.74 Å². The van der Waals surface area contributed by atoms with Gasteiger partial charge < -0.3 is 0 Å². The largest absolute Gasteiger partial charge is 0.428 e. The molecule has 0 unspecified atom stereocenters. The van der Waals surface area contributed by atoms with E-state index in [1.54, 1.807) is 0 Å². The second-order valence-corrected chi connectivity index (χ2v) is 7.09. The maximum Gasteiger partial charge on any atom is 0.428 e. The number of hydrogen-bond donors (Lipinski definition) is 0. The van der Waals surface area contributed by atoms with Gasteiger partial charge in [-0.2, -0.15) is 0 Å². The lowest BCUT2D eigenvalue weighted by molar-refractivity contribution is 0.508. The lowest BCUT2D eigenvalue weighted by Gasteiger charge is -2.21. The van der Waals surface area contributed by atoms with E-state index in [1.165, 1.54) is 0 Å². The van der Waals surface area contributed by atoms with Crippen molar-refractivity contribution in [1.29, 1.82) is 0 Å². The Kier molecular flexibility index (Phi) is 3.27. The van der Waals surface area contributed by atoms with Crippen LogP contribution in [0.2, 0.25) is 11.6 Å². The quantitative estimate of drug-likeness (QED) is 0.469. The molecule has 0 spiro atoms. The Morgan fingerprint density at radius 3 is 2.17 bits per heavy atom. The standard InChI is InChI=1S/C9H18F2Si/c1-8(2)7-12(10,11)9-5-3-4-6-9/h8-9H,3-7H2,1-2H3. The molecular formula is C9H18F2Si. The second-order valence-electron chi connectivity index (χ2n) is 4.34. The summed E-state index contributed by atoms with van der Waals surface area (Å²) in [6, 6.07) is 0.206. The first kappa shape index (κ1) is 10.2. The molecular weight excluding hydrogens is 174 g/mol. The fourth-order valence-corrected chi connectivity index (χ4v) is 4.73. The first-order chi connectivity index (χ1) is 5.52. The van der Waals surface area contributed by atoms with Crippen LogP contribution in [0.5, 0.6) is 0 Å². The van der Waals surface area contributed by atoms with Crippen LogP contribution in [-0.4, -0.2) is 8.74 Å². The van der Waals surface area contributed by atoms with Gasteiger partial charge in [-0.3, -0.25) is 8.22 Å². The lowest BCUT2D eigenvalue weighted by atomic mass is 10.3. The summed E-state index contributed by atoms with van der Waals surface area (Å²) in [5, 5.41) is 0. The molecule has 1 saturated carbocycles. The summed E-state index contributed by atoms with van der Waals surface area (Å²) >= 11 is 0. The molecule has 0 atom stereocenters. The Labute approximate surface area is 74.7 Å². The van der Waals surface area contributed by atoms with Crippen molar-refractivity contribution in [3.8, 4) is 0 Å². The third-order valence-corrected chi connectivity index (χ3v) is 5.77. The maximum atomic E-state index is 13.5. The fraction of sp³-hybridized carbons (Fsp3) is 1.00. The zero-order valence-electron chi connectivity index (χ0n) is 7.95. The van der Waals surface area contributed by atoms with Crippen LogP contribution in [0, 0.1) is 5.92 Å². The third kappa shape index (κ3) is 2.54. The van der Waals surface area contributed by atoms with Crippen molar-refractivity contribution in [3.05, 3.63) is 0 Å². The van der Waals surface area contributed by atoms with Crippen molar-refractivity contribution in [2.75, 3.05) is 0 Å². The predicted molar refractivity (Wildman–Crippen MR) is 49.8 cm³/mol. The summed E-state index contributed by atoms with van der Waals surface area (Å²) in [6.07, 6.45) is 3.66. The molecule has 0 aromatic heterocycles. The van der Waals surface area contributed by atoms with Gasteiger partial charge in [0.2, 0.25) is 0 Å². The molecule has 1 aliphatic rings. The van der Waals surface area contributed by atoms with E-state index in [-0.39, 0.29) is 17.5 Å². The van der Waals surface area contributed by atoms with Gasteiger partial charge in [0.1, 0.15) is 0 Å². The molecule has 72 valence electrons. The summed E-state index contributed by atoms with van der Waals surface area (Å²) in [5.41, 5.74) is -0.181. The van der Waals surface area contributed by atoms with Crippen LogP contribution in [0.1, 0.15) is 39.5 Å². The normalized spacial score (nSPS) is 20.8. The van der Waals surface area contributed by atoms with Gasteiger partial charge in [-0.15, -0.1) is 0 Å². The molecule has 0 aliphatic heterocycles.